The molecule has 0 aliphatic heterocycles. The standard InChI is InChI=1S/C14H16N2OS/c1-11-9-13(18-10-11)14(17)16(2)8-5-12-3-6-15-7-4-12/h3-4,6-7,9-10H,5,8H2,1-2H3. The molecular formula is C14H16N2OS. The summed E-state index contributed by atoms with van der Waals surface area (Å²) in [7, 11) is 1.85. The molecular weight excluding hydrogens is 244 g/mol. The highest BCUT2D eigenvalue weighted by Gasteiger charge is 2.13. The van der Waals surface area contributed by atoms with Crippen LogP contribution in [0.1, 0.15) is 20.8 Å². The number of nitrogens with zero attached hydrogens (tertiary/aromatic N) is 2. The first-order valence-electron chi connectivity index (χ1n) is 5.86. The van der Waals surface area contributed by atoms with Gasteiger partial charge in [-0.15, -0.1) is 11.3 Å². The van der Waals surface area contributed by atoms with Gasteiger partial charge in [-0.2, -0.15) is 0 Å². The number of aromatic nitrogens is 1. The number of thiophene rings is 1. The van der Waals surface area contributed by atoms with E-state index in [1.54, 1.807) is 17.3 Å². The van der Waals surface area contributed by atoms with E-state index in [-0.39, 0.29) is 5.91 Å². The number of rotatable bonds is 4. The number of aryl methyl sites for hydroxylation is 1. The lowest BCUT2D eigenvalue weighted by molar-refractivity contribution is 0.0801. The number of carbonyl (C=O) groups is 1. The maximum Gasteiger partial charge on any atom is 0.263 e. The van der Waals surface area contributed by atoms with Gasteiger partial charge in [0.05, 0.1) is 4.88 Å². The number of hydrogen-bond acceptors (Lipinski definition) is 3. The van der Waals surface area contributed by atoms with Crippen molar-refractivity contribution in [3.05, 3.63) is 52.0 Å². The smallest absolute Gasteiger partial charge is 0.263 e. The third-order valence-electron chi connectivity index (χ3n) is 2.77. The zero-order valence-electron chi connectivity index (χ0n) is 10.6. The monoisotopic (exact) mass is 260 g/mol. The van der Waals surface area contributed by atoms with Crippen LogP contribution in [-0.4, -0.2) is 29.4 Å². The molecule has 0 fully saturated rings. The van der Waals surface area contributed by atoms with Gasteiger partial charge in [-0.25, -0.2) is 0 Å². The lowest BCUT2D eigenvalue weighted by Gasteiger charge is -2.16. The van der Waals surface area contributed by atoms with Crippen molar-refractivity contribution in [2.75, 3.05) is 13.6 Å². The summed E-state index contributed by atoms with van der Waals surface area (Å²) in [5.74, 6) is 0.0992. The van der Waals surface area contributed by atoms with Crippen molar-refractivity contribution >= 4 is 17.2 Å². The number of likely N-dealkylation sites (N-methyl/N-ethyl adjacent to an activating group) is 1. The van der Waals surface area contributed by atoms with Crippen molar-refractivity contribution in [1.29, 1.82) is 0 Å². The van der Waals surface area contributed by atoms with Crippen LogP contribution in [0.4, 0.5) is 0 Å². The van der Waals surface area contributed by atoms with E-state index in [0.29, 0.717) is 0 Å². The minimum absolute atomic E-state index is 0.0992. The Labute approximate surface area is 111 Å². The highest BCUT2D eigenvalue weighted by atomic mass is 32.1. The number of amides is 1. The van der Waals surface area contributed by atoms with Gasteiger partial charge in [0.15, 0.2) is 0 Å². The van der Waals surface area contributed by atoms with Gasteiger partial charge in [-0.05, 0) is 48.1 Å². The molecule has 0 atom stereocenters. The molecule has 18 heavy (non-hydrogen) atoms. The Hall–Kier alpha value is -1.68. The SMILES string of the molecule is Cc1csc(C(=O)N(C)CCc2ccncc2)c1. The van der Waals surface area contributed by atoms with Crippen molar-refractivity contribution in [3.8, 4) is 0 Å². The van der Waals surface area contributed by atoms with Crippen molar-refractivity contribution in [2.24, 2.45) is 0 Å². The first-order chi connectivity index (χ1) is 8.66. The average molecular weight is 260 g/mol. The predicted molar refractivity (Wildman–Crippen MR) is 74.0 cm³/mol. The summed E-state index contributed by atoms with van der Waals surface area (Å²) in [6.07, 6.45) is 4.41. The molecule has 3 nitrogen and oxygen atoms in total. The van der Waals surface area contributed by atoms with Crippen LogP contribution in [-0.2, 0) is 6.42 Å². The van der Waals surface area contributed by atoms with E-state index in [0.717, 1.165) is 23.4 Å². The second-order valence-corrected chi connectivity index (χ2v) is 5.23. The Kier molecular flexibility index (Phi) is 4.10. The van der Waals surface area contributed by atoms with Crippen LogP contribution < -0.4 is 0 Å². The van der Waals surface area contributed by atoms with E-state index in [1.807, 2.05) is 37.6 Å². The van der Waals surface area contributed by atoms with Crippen LogP contribution in [0.5, 0.6) is 0 Å². The molecule has 0 radical (unpaired) electrons. The Morgan fingerprint density at radius 1 is 1.39 bits per heavy atom. The Bertz CT molecular complexity index is 522. The second kappa shape index (κ2) is 5.78. The lowest BCUT2D eigenvalue weighted by atomic mass is 10.2. The van der Waals surface area contributed by atoms with Crippen molar-refractivity contribution in [3.63, 3.8) is 0 Å². The molecule has 0 saturated carbocycles. The zero-order valence-corrected chi connectivity index (χ0v) is 11.4. The van der Waals surface area contributed by atoms with Gasteiger partial charge in [0.2, 0.25) is 0 Å². The predicted octanol–water partition coefficient (Wildman–Crippen LogP) is 2.77. The molecule has 0 unspecified atom stereocenters. The first-order valence-corrected chi connectivity index (χ1v) is 6.74. The maximum absolute atomic E-state index is 12.1. The molecule has 0 bridgehead atoms. The maximum atomic E-state index is 12.1. The molecule has 0 aliphatic rings. The van der Waals surface area contributed by atoms with Crippen molar-refractivity contribution in [2.45, 2.75) is 13.3 Å². The molecule has 0 spiro atoms. The molecule has 1 amide bonds. The molecule has 0 aliphatic carbocycles. The molecule has 0 N–H and O–H groups in total. The van der Waals surface area contributed by atoms with E-state index in [4.69, 9.17) is 0 Å². The van der Waals surface area contributed by atoms with E-state index in [1.165, 1.54) is 16.9 Å². The van der Waals surface area contributed by atoms with Crippen LogP contribution in [0, 0.1) is 6.92 Å². The highest BCUT2D eigenvalue weighted by molar-refractivity contribution is 7.12. The summed E-state index contributed by atoms with van der Waals surface area (Å²) in [5, 5.41) is 2.00. The average Bonchev–Trinajstić information content (AvgIpc) is 2.83. The lowest BCUT2D eigenvalue weighted by Crippen LogP contribution is -2.28. The summed E-state index contributed by atoms with van der Waals surface area (Å²) in [6, 6.07) is 5.90. The molecule has 4 heteroatoms. The Balaban J connectivity index is 1.92. The quantitative estimate of drug-likeness (QED) is 0.847. The third-order valence-corrected chi connectivity index (χ3v) is 3.81. The van der Waals surface area contributed by atoms with E-state index >= 15 is 0 Å². The van der Waals surface area contributed by atoms with Gasteiger partial charge in [-0.3, -0.25) is 9.78 Å². The fourth-order valence-corrected chi connectivity index (χ4v) is 2.57. The molecule has 0 saturated heterocycles. The zero-order chi connectivity index (χ0) is 13.0. The minimum Gasteiger partial charge on any atom is -0.341 e. The van der Waals surface area contributed by atoms with Crippen molar-refractivity contribution in [1.82, 2.24) is 9.88 Å². The molecule has 2 heterocycles. The van der Waals surface area contributed by atoms with Gasteiger partial charge < -0.3 is 4.90 Å². The van der Waals surface area contributed by atoms with E-state index < -0.39 is 0 Å². The van der Waals surface area contributed by atoms with Crippen molar-refractivity contribution < 1.29 is 4.79 Å². The minimum atomic E-state index is 0.0992. The first kappa shape index (κ1) is 12.8. The van der Waals surface area contributed by atoms with Gasteiger partial charge in [0.25, 0.3) is 5.91 Å². The summed E-state index contributed by atoms with van der Waals surface area (Å²) < 4.78 is 0. The second-order valence-electron chi connectivity index (χ2n) is 4.32. The topological polar surface area (TPSA) is 33.2 Å². The third kappa shape index (κ3) is 3.17. The van der Waals surface area contributed by atoms with Crippen LogP contribution in [0.2, 0.25) is 0 Å². The summed E-state index contributed by atoms with van der Waals surface area (Å²) >= 11 is 1.51. The highest BCUT2D eigenvalue weighted by Crippen LogP contribution is 2.15. The van der Waals surface area contributed by atoms with Crippen LogP contribution in [0.3, 0.4) is 0 Å². The fraction of sp³-hybridized carbons (Fsp3) is 0.286. The fourth-order valence-electron chi connectivity index (χ4n) is 1.68. The molecule has 94 valence electrons. The number of hydrogen-bond donors (Lipinski definition) is 0. The summed E-state index contributed by atoms with van der Waals surface area (Å²) in [5.41, 5.74) is 2.35. The largest absolute Gasteiger partial charge is 0.341 e. The number of carbonyl (C=O) groups excluding carboxylic acids is 1. The van der Waals surface area contributed by atoms with Gasteiger partial charge in [0.1, 0.15) is 0 Å². The van der Waals surface area contributed by atoms with Gasteiger partial charge >= 0.3 is 0 Å². The summed E-state index contributed by atoms with van der Waals surface area (Å²) in [4.78, 5) is 18.7. The van der Waals surface area contributed by atoms with E-state index in [9.17, 15) is 4.79 Å². The van der Waals surface area contributed by atoms with Gasteiger partial charge in [-0.1, -0.05) is 0 Å². The van der Waals surface area contributed by atoms with Crippen LogP contribution in [0.15, 0.2) is 36.0 Å². The molecule has 0 aromatic carbocycles. The van der Waals surface area contributed by atoms with Crippen LogP contribution >= 0.6 is 11.3 Å². The normalized spacial score (nSPS) is 10.3. The van der Waals surface area contributed by atoms with Crippen LogP contribution in [0.25, 0.3) is 0 Å². The molecule has 2 rings (SSSR count). The number of pyridine rings is 1. The Morgan fingerprint density at radius 2 is 2.11 bits per heavy atom. The summed E-state index contributed by atoms with van der Waals surface area (Å²) in [6.45, 7) is 2.73. The Morgan fingerprint density at radius 3 is 2.72 bits per heavy atom. The molecule has 2 aromatic heterocycles. The van der Waals surface area contributed by atoms with E-state index in [2.05, 4.69) is 4.98 Å². The molecule has 2 aromatic rings. The van der Waals surface area contributed by atoms with Gasteiger partial charge in [0, 0.05) is 26.0 Å².